The number of hydrogen-bond donors (Lipinski definition) is 2. The molecule has 1 aromatic heterocycles. The zero-order valence-corrected chi connectivity index (χ0v) is 19.3. The number of anilines is 1. The largest absolute Gasteiger partial charge is 0.454 e. The number of nitrogens with one attached hydrogen (secondary N) is 2. The molecule has 0 unspecified atom stereocenters. The van der Waals surface area contributed by atoms with Gasteiger partial charge in [0.1, 0.15) is 0 Å². The minimum absolute atomic E-state index is 0.0117. The van der Waals surface area contributed by atoms with Gasteiger partial charge in [0.25, 0.3) is 0 Å². The topological polar surface area (TPSA) is 107 Å². The summed E-state index contributed by atoms with van der Waals surface area (Å²) in [6, 6.07) is 12.3. The molecular weight excluding hydrogens is 450 g/mol. The number of carbonyl (C=O) groups excluding carboxylic acids is 1. The average molecular weight is 474 g/mol. The number of ether oxygens (including phenoxy) is 2. The molecule has 0 spiro atoms. The number of aromatic nitrogens is 1. The normalized spacial score (nSPS) is 12.8. The van der Waals surface area contributed by atoms with Crippen molar-refractivity contribution in [2.24, 2.45) is 0 Å². The molecule has 0 atom stereocenters. The molecule has 2 aromatic carbocycles. The Bertz CT molecular complexity index is 1220. The van der Waals surface area contributed by atoms with E-state index in [0.717, 1.165) is 11.1 Å². The smallest absolute Gasteiger partial charge is 0.240 e. The third kappa shape index (κ3) is 5.09. The van der Waals surface area contributed by atoms with Gasteiger partial charge in [-0.25, -0.2) is 18.1 Å². The van der Waals surface area contributed by atoms with E-state index < -0.39 is 10.0 Å². The number of carbonyl (C=O) groups is 1. The van der Waals surface area contributed by atoms with Gasteiger partial charge in [0.05, 0.1) is 10.6 Å². The van der Waals surface area contributed by atoms with Crippen molar-refractivity contribution in [3.63, 3.8) is 0 Å². The van der Waals surface area contributed by atoms with Crippen molar-refractivity contribution in [2.75, 3.05) is 18.7 Å². The molecule has 168 valence electrons. The van der Waals surface area contributed by atoms with Gasteiger partial charge in [0.2, 0.25) is 22.7 Å². The number of thiazole rings is 1. The fourth-order valence-electron chi connectivity index (χ4n) is 3.12. The second-order valence-corrected chi connectivity index (χ2v) is 10.2. The third-order valence-corrected chi connectivity index (χ3v) is 7.15. The lowest BCUT2D eigenvalue weighted by Crippen LogP contribution is -2.27. The predicted molar refractivity (Wildman–Crippen MR) is 123 cm³/mol. The lowest BCUT2D eigenvalue weighted by Gasteiger charge is -2.09. The highest BCUT2D eigenvalue weighted by atomic mass is 32.2. The lowest BCUT2D eigenvalue weighted by molar-refractivity contribution is -0.116. The number of fused-ring (bicyclic) bond motifs is 1. The van der Waals surface area contributed by atoms with Crippen LogP contribution in [0.15, 0.2) is 52.7 Å². The number of rotatable bonds is 8. The van der Waals surface area contributed by atoms with Crippen LogP contribution in [-0.2, 0) is 14.8 Å². The van der Waals surface area contributed by atoms with E-state index in [1.54, 1.807) is 24.3 Å². The predicted octanol–water partition coefficient (Wildman–Crippen LogP) is 3.97. The Morgan fingerprint density at radius 2 is 1.88 bits per heavy atom. The first-order chi connectivity index (χ1) is 15.3. The summed E-state index contributed by atoms with van der Waals surface area (Å²) < 4.78 is 38.0. The van der Waals surface area contributed by atoms with Gasteiger partial charge in [-0.1, -0.05) is 26.0 Å². The maximum Gasteiger partial charge on any atom is 0.240 e. The zero-order chi connectivity index (χ0) is 22.7. The molecular formula is C22H23N3O5S2. The minimum Gasteiger partial charge on any atom is -0.454 e. The molecule has 2 N–H and O–H groups in total. The van der Waals surface area contributed by atoms with Gasteiger partial charge >= 0.3 is 0 Å². The third-order valence-electron chi connectivity index (χ3n) is 4.92. The maximum atomic E-state index is 12.4. The van der Waals surface area contributed by atoms with Crippen molar-refractivity contribution in [2.45, 2.75) is 31.1 Å². The molecule has 4 rings (SSSR count). The highest BCUT2D eigenvalue weighted by Crippen LogP contribution is 2.36. The van der Waals surface area contributed by atoms with Crippen molar-refractivity contribution in [1.82, 2.24) is 9.71 Å². The average Bonchev–Trinajstić information content (AvgIpc) is 3.42. The molecule has 1 amide bonds. The first-order valence-electron chi connectivity index (χ1n) is 10.1. The fourth-order valence-corrected chi connectivity index (χ4v) is 4.88. The van der Waals surface area contributed by atoms with Gasteiger partial charge in [-0.2, -0.15) is 0 Å². The van der Waals surface area contributed by atoms with Gasteiger partial charge in [0.15, 0.2) is 16.6 Å². The van der Waals surface area contributed by atoms with Crippen molar-refractivity contribution >= 4 is 32.4 Å². The van der Waals surface area contributed by atoms with Crippen molar-refractivity contribution in [3.05, 3.63) is 53.4 Å². The van der Waals surface area contributed by atoms with Crippen molar-refractivity contribution in [1.29, 1.82) is 0 Å². The molecule has 1 aliphatic heterocycles. The Morgan fingerprint density at radius 3 is 2.62 bits per heavy atom. The van der Waals surface area contributed by atoms with E-state index in [1.165, 1.54) is 11.3 Å². The molecule has 10 heteroatoms. The van der Waals surface area contributed by atoms with Crippen LogP contribution in [-0.4, -0.2) is 32.6 Å². The summed E-state index contributed by atoms with van der Waals surface area (Å²) in [5.41, 5.74) is 2.61. The number of benzene rings is 2. The molecule has 0 fully saturated rings. The molecule has 0 aliphatic carbocycles. The summed E-state index contributed by atoms with van der Waals surface area (Å²) in [7, 11) is -3.67. The summed E-state index contributed by atoms with van der Waals surface area (Å²) in [5, 5.41) is 4.98. The quantitative estimate of drug-likeness (QED) is 0.513. The van der Waals surface area contributed by atoms with E-state index >= 15 is 0 Å². The van der Waals surface area contributed by atoms with Crippen LogP contribution in [0.1, 0.15) is 31.7 Å². The van der Waals surface area contributed by atoms with E-state index in [2.05, 4.69) is 15.0 Å². The number of sulfonamides is 1. The van der Waals surface area contributed by atoms with Crippen LogP contribution in [0.25, 0.3) is 11.3 Å². The molecule has 1 aliphatic rings. The molecule has 0 saturated heterocycles. The summed E-state index contributed by atoms with van der Waals surface area (Å²) in [4.78, 5) is 16.8. The van der Waals surface area contributed by atoms with Crippen LogP contribution >= 0.6 is 11.3 Å². The Labute approximate surface area is 190 Å². The van der Waals surface area contributed by atoms with E-state index in [1.807, 2.05) is 37.4 Å². The van der Waals surface area contributed by atoms with E-state index in [4.69, 9.17) is 9.47 Å². The van der Waals surface area contributed by atoms with Gasteiger partial charge < -0.3 is 14.8 Å². The Kier molecular flexibility index (Phi) is 6.45. The Balaban J connectivity index is 1.30. The molecule has 0 bridgehead atoms. The number of nitrogens with zero attached hydrogens (tertiary/aromatic N) is 1. The molecule has 3 aromatic rings. The van der Waals surface area contributed by atoms with E-state index in [9.17, 15) is 13.2 Å². The zero-order valence-electron chi connectivity index (χ0n) is 17.6. The second-order valence-electron chi connectivity index (χ2n) is 7.53. The molecule has 32 heavy (non-hydrogen) atoms. The first kappa shape index (κ1) is 22.3. The minimum atomic E-state index is -3.67. The monoisotopic (exact) mass is 473 g/mol. The van der Waals surface area contributed by atoms with Gasteiger partial charge in [-0.15, -0.1) is 11.3 Å². The Hall–Kier alpha value is -2.95. The number of amides is 1. The first-order valence-corrected chi connectivity index (χ1v) is 12.4. The van der Waals surface area contributed by atoms with E-state index in [-0.39, 0.29) is 30.6 Å². The maximum absolute atomic E-state index is 12.4. The molecule has 8 nitrogen and oxygen atoms in total. The summed E-state index contributed by atoms with van der Waals surface area (Å²) >= 11 is 1.29. The summed E-state index contributed by atoms with van der Waals surface area (Å²) in [6.45, 7) is 4.27. The molecule has 2 heterocycles. The standard InChI is InChI=1S/C22H23N3O5S2/c1-14(2)15-3-6-17(7-4-15)32(27,28)23-10-9-21(26)25-22-24-18(12-31-22)16-5-8-19-20(11-16)30-13-29-19/h3-8,11-12,14,23H,9-10,13H2,1-2H3,(H,24,25,26). The number of hydrogen-bond acceptors (Lipinski definition) is 7. The molecule has 0 radical (unpaired) electrons. The summed E-state index contributed by atoms with van der Waals surface area (Å²) in [6.07, 6.45) is -0.0117. The van der Waals surface area contributed by atoms with Crippen molar-refractivity contribution < 1.29 is 22.7 Å². The van der Waals surface area contributed by atoms with Gasteiger partial charge in [-0.05, 0) is 41.8 Å². The van der Waals surface area contributed by atoms with Gasteiger partial charge in [-0.3, -0.25) is 4.79 Å². The molecule has 0 saturated carbocycles. The van der Waals surface area contributed by atoms with Crippen LogP contribution in [0.4, 0.5) is 5.13 Å². The second kappa shape index (κ2) is 9.27. The summed E-state index contributed by atoms with van der Waals surface area (Å²) in [5.74, 6) is 1.34. The van der Waals surface area contributed by atoms with Crippen LogP contribution in [0.3, 0.4) is 0 Å². The SMILES string of the molecule is CC(C)c1ccc(S(=O)(=O)NCCC(=O)Nc2nc(-c3ccc4c(c3)OCO4)cs2)cc1. The van der Waals surface area contributed by atoms with Crippen LogP contribution in [0.5, 0.6) is 11.5 Å². The van der Waals surface area contributed by atoms with Crippen LogP contribution < -0.4 is 19.5 Å². The van der Waals surface area contributed by atoms with Crippen LogP contribution in [0.2, 0.25) is 0 Å². The van der Waals surface area contributed by atoms with Gasteiger partial charge in [0, 0.05) is 23.9 Å². The Morgan fingerprint density at radius 1 is 1.12 bits per heavy atom. The fraction of sp³-hybridized carbons (Fsp3) is 0.273. The highest BCUT2D eigenvalue weighted by Gasteiger charge is 2.17. The van der Waals surface area contributed by atoms with Crippen LogP contribution in [0, 0.1) is 0 Å². The highest BCUT2D eigenvalue weighted by molar-refractivity contribution is 7.89. The van der Waals surface area contributed by atoms with Crippen molar-refractivity contribution in [3.8, 4) is 22.8 Å². The van der Waals surface area contributed by atoms with E-state index in [0.29, 0.717) is 28.2 Å². The lowest BCUT2D eigenvalue weighted by atomic mass is 10.0.